The van der Waals surface area contributed by atoms with E-state index in [1.807, 2.05) is 12.1 Å². The molecule has 0 unspecified atom stereocenters. The van der Waals surface area contributed by atoms with Gasteiger partial charge in [0.25, 0.3) is 5.91 Å². The Kier molecular flexibility index (Phi) is 6.93. The van der Waals surface area contributed by atoms with Crippen LogP contribution in [0.5, 0.6) is 0 Å². The average molecular weight is 510 g/mol. The Bertz CT molecular complexity index is 1310. The molecule has 36 heavy (non-hydrogen) atoms. The molecule has 0 atom stereocenters. The topological polar surface area (TPSA) is 109 Å². The number of carbonyl (C=O) groups excluding carboxylic acids is 2. The summed E-state index contributed by atoms with van der Waals surface area (Å²) in [6.45, 7) is 1.12. The number of fused-ring (bicyclic) bond motifs is 1. The Morgan fingerprint density at radius 3 is 2.56 bits per heavy atom. The third-order valence-corrected chi connectivity index (χ3v) is 6.97. The summed E-state index contributed by atoms with van der Waals surface area (Å²) in [5.41, 5.74) is 1.56. The maximum atomic E-state index is 13.3. The van der Waals surface area contributed by atoms with Crippen molar-refractivity contribution < 1.29 is 18.7 Å². The number of furan rings is 1. The molecule has 0 saturated heterocycles. The largest absolute Gasteiger partial charge is 0.476 e. The highest BCUT2D eigenvalue weighted by Crippen LogP contribution is 2.35. The van der Waals surface area contributed by atoms with Gasteiger partial charge in [0.1, 0.15) is 23.7 Å². The second kappa shape index (κ2) is 10.3. The zero-order valence-corrected chi connectivity index (χ0v) is 21.0. The van der Waals surface area contributed by atoms with Crippen molar-refractivity contribution in [1.82, 2.24) is 9.88 Å². The fraction of sp³-hybridized carbons (Fsp3) is 0.385. The van der Waals surface area contributed by atoms with Gasteiger partial charge in [0, 0.05) is 29.1 Å². The van der Waals surface area contributed by atoms with Crippen molar-refractivity contribution in [3.8, 4) is 0 Å². The van der Waals surface area contributed by atoms with Crippen molar-refractivity contribution >= 4 is 51.8 Å². The molecule has 188 valence electrons. The van der Waals surface area contributed by atoms with Crippen molar-refractivity contribution in [2.45, 2.75) is 31.7 Å². The first-order valence-corrected chi connectivity index (χ1v) is 12.4. The Labute approximate surface area is 213 Å². The highest BCUT2D eigenvalue weighted by Gasteiger charge is 2.30. The van der Waals surface area contributed by atoms with Gasteiger partial charge in [-0.3, -0.25) is 9.59 Å². The van der Waals surface area contributed by atoms with Gasteiger partial charge in [-0.2, -0.15) is 0 Å². The molecule has 5 rings (SSSR count). The summed E-state index contributed by atoms with van der Waals surface area (Å²) < 4.78 is 11.5. The summed E-state index contributed by atoms with van der Waals surface area (Å²) in [4.78, 5) is 37.3. The molecule has 3 heterocycles. The third-order valence-electron chi connectivity index (χ3n) is 6.74. The fourth-order valence-electron chi connectivity index (χ4n) is 4.73. The minimum atomic E-state index is -0.524. The fourth-order valence-corrected chi connectivity index (χ4v) is 4.84. The van der Waals surface area contributed by atoms with E-state index < -0.39 is 5.91 Å². The van der Waals surface area contributed by atoms with Crippen molar-refractivity contribution in [1.29, 1.82) is 0 Å². The molecule has 2 aliphatic rings. The molecule has 9 nitrogen and oxygen atoms in total. The predicted octanol–water partition coefficient (Wildman–Crippen LogP) is 4.57. The molecule has 0 spiro atoms. The van der Waals surface area contributed by atoms with Crippen molar-refractivity contribution in [2.24, 2.45) is 10.9 Å². The molecular formula is C26H28ClN5O4. The normalized spacial score (nSPS) is 19.7. The van der Waals surface area contributed by atoms with Gasteiger partial charge < -0.3 is 24.7 Å². The van der Waals surface area contributed by atoms with E-state index >= 15 is 0 Å². The number of aliphatic imine (C=N–C) groups is 1. The first kappa shape index (κ1) is 24.3. The Balaban J connectivity index is 1.46. The van der Waals surface area contributed by atoms with Crippen molar-refractivity contribution in [3.05, 3.63) is 52.9 Å². The Hall–Kier alpha value is -3.43. The van der Waals surface area contributed by atoms with Crippen LogP contribution in [0.25, 0.3) is 11.0 Å². The van der Waals surface area contributed by atoms with Gasteiger partial charge in [-0.25, -0.2) is 9.98 Å². The number of benzene rings is 1. The minimum absolute atomic E-state index is 0.00325. The van der Waals surface area contributed by atoms with Crippen LogP contribution < -0.4 is 10.6 Å². The van der Waals surface area contributed by atoms with Crippen LogP contribution in [0.2, 0.25) is 5.02 Å². The number of anilines is 2. The lowest BCUT2D eigenvalue weighted by Crippen LogP contribution is -2.35. The average Bonchev–Trinajstić information content (AvgIpc) is 3.54. The number of rotatable bonds is 6. The summed E-state index contributed by atoms with van der Waals surface area (Å²) in [5, 5.41) is 6.79. The lowest BCUT2D eigenvalue weighted by Gasteiger charge is -2.31. The van der Waals surface area contributed by atoms with E-state index in [1.54, 1.807) is 18.2 Å². The van der Waals surface area contributed by atoms with Gasteiger partial charge in [0.2, 0.25) is 17.6 Å². The summed E-state index contributed by atoms with van der Waals surface area (Å²) >= 11 is 5.91. The number of pyridine rings is 1. The number of nitrogens with one attached hydrogen (secondary N) is 2. The third kappa shape index (κ3) is 5.08. The quantitative estimate of drug-likeness (QED) is 0.504. The van der Waals surface area contributed by atoms with Crippen LogP contribution in [-0.4, -0.2) is 60.9 Å². The monoisotopic (exact) mass is 509 g/mol. The van der Waals surface area contributed by atoms with Crippen LogP contribution >= 0.6 is 11.6 Å². The number of aromatic nitrogens is 1. The van der Waals surface area contributed by atoms with Crippen LogP contribution in [0, 0.1) is 5.92 Å². The predicted molar refractivity (Wildman–Crippen MR) is 139 cm³/mol. The van der Waals surface area contributed by atoms with Gasteiger partial charge in [-0.05, 0) is 70.1 Å². The first-order chi connectivity index (χ1) is 17.4. The van der Waals surface area contributed by atoms with E-state index in [0.717, 1.165) is 31.2 Å². The number of ether oxygens (including phenoxy) is 1. The van der Waals surface area contributed by atoms with E-state index in [1.165, 1.54) is 6.20 Å². The molecule has 2 aromatic heterocycles. The molecule has 2 amide bonds. The van der Waals surface area contributed by atoms with E-state index in [4.69, 9.17) is 20.8 Å². The van der Waals surface area contributed by atoms with Crippen LogP contribution in [0.1, 0.15) is 41.8 Å². The number of nitrogens with zero attached hydrogens (tertiary/aromatic N) is 3. The van der Waals surface area contributed by atoms with E-state index in [0.29, 0.717) is 52.6 Å². The van der Waals surface area contributed by atoms with Gasteiger partial charge in [0.15, 0.2) is 0 Å². The molecule has 0 radical (unpaired) electrons. The first-order valence-electron chi connectivity index (χ1n) is 12.0. The van der Waals surface area contributed by atoms with Crippen molar-refractivity contribution in [3.63, 3.8) is 0 Å². The molecule has 1 saturated carbocycles. The number of amides is 2. The Morgan fingerprint density at radius 2 is 1.89 bits per heavy atom. The highest BCUT2D eigenvalue weighted by molar-refractivity contribution is 6.30. The number of carbonyl (C=O) groups is 2. The maximum absolute atomic E-state index is 13.3. The second-order valence-corrected chi connectivity index (χ2v) is 9.76. The maximum Gasteiger partial charge on any atom is 0.294 e. The van der Waals surface area contributed by atoms with Gasteiger partial charge in [0.05, 0.1) is 11.6 Å². The van der Waals surface area contributed by atoms with Crippen LogP contribution in [0.4, 0.5) is 11.5 Å². The number of hydrogen-bond acceptors (Lipinski definition) is 7. The standard InChI is InChI=1S/C26H28ClN5O4/c1-32(2)18-7-3-15(4-8-18)24(33)31-22-19-13-16(26-28-11-12-35-26)5-9-20(19)36-23(22)25(34)30-21-10-6-17(27)14-29-21/h5-6,9-10,13-15,18H,3-4,7-8,11-12H2,1-2H3,(H,31,33)(H,29,30,34)/t15-,18-. The van der Waals surface area contributed by atoms with E-state index in [-0.39, 0.29) is 17.6 Å². The van der Waals surface area contributed by atoms with Gasteiger partial charge >= 0.3 is 0 Å². The SMILES string of the molecule is CN(C)[C@H]1CC[C@H](C(=O)Nc2c(C(=O)Nc3ccc(Cl)cn3)oc3ccc(C4=NCCO4)cc23)CC1. The smallest absolute Gasteiger partial charge is 0.294 e. The Morgan fingerprint density at radius 1 is 1.08 bits per heavy atom. The molecule has 1 aromatic carbocycles. The summed E-state index contributed by atoms with van der Waals surface area (Å²) in [6.07, 6.45) is 4.92. The minimum Gasteiger partial charge on any atom is -0.476 e. The van der Waals surface area contributed by atoms with Crippen molar-refractivity contribution in [2.75, 3.05) is 37.9 Å². The van der Waals surface area contributed by atoms with E-state index in [9.17, 15) is 9.59 Å². The molecule has 3 aromatic rings. The highest BCUT2D eigenvalue weighted by atomic mass is 35.5. The zero-order valence-electron chi connectivity index (χ0n) is 20.2. The molecule has 2 N–H and O–H groups in total. The van der Waals surface area contributed by atoms with Crippen LogP contribution in [0.15, 0.2) is 45.9 Å². The molecule has 1 aliphatic carbocycles. The summed E-state index contributed by atoms with van der Waals surface area (Å²) in [5.74, 6) is 0.0820. The van der Waals surface area contributed by atoms with Crippen LogP contribution in [0.3, 0.4) is 0 Å². The van der Waals surface area contributed by atoms with Crippen LogP contribution in [-0.2, 0) is 9.53 Å². The van der Waals surface area contributed by atoms with Gasteiger partial charge in [-0.15, -0.1) is 0 Å². The lowest BCUT2D eigenvalue weighted by atomic mass is 9.85. The summed E-state index contributed by atoms with van der Waals surface area (Å²) in [6, 6.07) is 9.12. The number of halogens is 1. The van der Waals surface area contributed by atoms with Gasteiger partial charge in [-0.1, -0.05) is 11.6 Å². The number of hydrogen-bond donors (Lipinski definition) is 2. The molecule has 10 heteroatoms. The lowest BCUT2D eigenvalue weighted by molar-refractivity contribution is -0.121. The zero-order chi connectivity index (χ0) is 25.2. The second-order valence-electron chi connectivity index (χ2n) is 9.33. The molecule has 1 fully saturated rings. The molecular weight excluding hydrogens is 482 g/mol. The van der Waals surface area contributed by atoms with E-state index in [2.05, 4.69) is 39.6 Å². The molecule has 1 aliphatic heterocycles. The molecule has 0 bridgehead atoms. The summed E-state index contributed by atoms with van der Waals surface area (Å²) in [7, 11) is 4.14.